The SMILES string of the molecule is Cn1c(OC2CCN(c3ccc(CN4CCCCC4)cc3)C2)nc(-c2ccncn2)cc1=O. The van der Waals surface area contributed by atoms with Gasteiger partial charge in [-0.2, -0.15) is 4.98 Å². The van der Waals surface area contributed by atoms with E-state index in [1.54, 1.807) is 19.3 Å². The van der Waals surface area contributed by atoms with Gasteiger partial charge in [0.05, 0.1) is 17.9 Å². The first kappa shape index (κ1) is 21.6. The Morgan fingerprint density at radius 1 is 1.03 bits per heavy atom. The Balaban J connectivity index is 1.23. The first-order chi connectivity index (χ1) is 16.2. The second-order valence-electron chi connectivity index (χ2n) is 8.89. The van der Waals surface area contributed by atoms with Gasteiger partial charge in [-0.25, -0.2) is 9.97 Å². The summed E-state index contributed by atoms with van der Waals surface area (Å²) in [6.45, 7) is 5.13. The van der Waals surface area contributed by atoms with E-state index in [-0.39, 0.29) is 11.7 Å². The fourth-order valence-electron chi connectivity index (χ4n) is 4.59. The zero-order chi connectivity index (χ0) is 22.6. The summed E-state index contributed by atoms with van der Waals surface area (Å²) >= 11 is 0. The van der Waals surface area contributed by atoms with E-state index in [9.17, 15) is 4.79 Å². The van der Waals surface area contributed by atoms with Gasteiger partial charge in [0.2, 0.25) is 0 Å². The van der Waals surface area contributed by atoms with Gasteiger partial charge in [0, 0.05) is 44.5 Å². The highest BCUT2D eigenvalue weighted by molar-refractivity contribution is 5.53. The van der Waals surface area contributed by atoms with E-state index in [2.05, 4.69) is 49.0 Å². The predicted octanol–water partition coefficient (Wildman–Crippen LogP) is 2.88. The number of nitrogens with zero attached hydrogens (tertiary/aromatic N) is 6. The Morgan fingerprint density at radius 2 is 1.85 bits per heavy atom. The topological polar surface area (TPSA) is 76.4 Å². The third-order valence-electron chi connectivity index (χ3n) is 6.51. The van der Waals surface area contributed by atoms with Crippen molar-refractivity contribution in [1.82, 2.24) is 24.4 Å². The maximum atomic E-state index is 12.5. The van der Waals surface area contributed by atoms with E-state index < -0.39 is 0 Å². The van der Waals surface area contributed by atoms with Crippen LogP contribution < -0.4 is 15.2 Å². The van der Waals surface area contributed by atoms with E-state index in [0.717, 1.165) is 26.1 Å². The zero-order valence-corrected chi connectivity index (χ0v) is 19.1. The molecule has 0 aliphatic carbocycles. The number of hydrogen-bond donors (Lipinski definition) is 0. The van der Waals surface area contributed by atoms with Gasteiger partial charge >= 0.3 is 0 Å². The molecule has 33 heavy (non-hydrogen) atoms. The van der Waals surface area contributed by atoms with Gasteiger partial charge in [-0.15, -0.1) is 0 Å². The highest BCUT2D eigenvalue weighted by Gasteiger charge is 2.26. The molecule has 0 amide bonds. The number of aromatic nitrogens is 4. The van der Waals surface area contributed by atoms with Crippen LogP contribution in [0.2, 0.25) is 0 Å². The number of piperidine rings is 1. The number of benzene rings is 1. The highest BCUT2D eigenvalue weighted by Crippen LogP contribution is 2.24. The van der Waals surface area contributed by atoms with Gasteiger partial charge in [-0.1, -0.05) is 18.6 Å². The number of ether oxygens (including phenoxy) is 1. The molecule has 8 nitrogen and oxygen atoms in total. The molecule has 5 rings (SSSR count). The Morgan fingerprint density at radius 3 is 2.61 bits per heavy atom. The first-order valence-corrected chi connectivity index (χ1v) is 11.7. The summed E-state index contributed by atoms with van der Waals surface area (Å²) < 4.78 is 7.63. The van der Waals surface area contributed by atoms with Crippen molar-refractivity contribution in [2.24, 2.45) is 7.05 Å². The number of anilines is 1. The molecule has 0 bridgehead atoms. The standard InChI is InChI=1S/C25H30N6O2/c1-29-24(32)15-23(22-9-11-26-18-27-22)28-25(29)33-21-10-14-31(17-21)20-7-5-19(6-8-20)16-30-12-3-2-4-13-30/h5-9,11,15,18,21H,2-4,10,12-14,16-17H2,1H3. The summed E-state index contributed by atoms with van der Waals surface area (Å²) in [5.74, 6) is 0. The smallest absolute Gasteiger partial charge is 0.299 e. The molecule has 2 aliphatic heterocycles. The predicted molar refractivity (Wildman–Crippen MR) is 127 cm³/mol. The minimum absolute atomic E-state index is 0.0308. The maximum absolute atomic E-state index is 12.5. The quantitative estimate of drug-likeness (QED) is 0.576. The largest absolute Gasteiger partial charge is 0.459 e. The van der Waals surface area contributed by atoms with Crippen molar-refractivity contribution >= 4 is 5.69 Å². The van der Waals surface area contributed by atoms with E-state index in [1.807, 2.05) is 0 Å². The lowest BCUT2D eigenvalue weighted by molar-refractivity contribution is 0.196. The van der Waals surface area contributed by atoms with Crippen LogP contribution in [0.1, 0.15) is 31.2 Å². The van der Waals surface area contributed by atoms with Crippen LogP contribution in [0.15, 0.2) is 53.7 Å². The molecule has 172 valence electrons. The van der Waals surface area contributed by atoms with E-state index >= 15 is 0 Å². The molecule has 8 heteroatoms. The average Bonchev–Trinajstić information content (AvgIpc) is 3.32. The van der Waals surface area contributed by atoms with Crippen LogP contribution >= 0.6 is 0 Å². The lowest BCUT2D eigenvalue weighted by atomic mass is 10.1. The van der Waals surface area contributed by atoms with E-state index in [4.69, 9.17) is 4.74 Å². The molecule has 4 heterocycles. The molecule has 1 aromatic carbocycles. The van der Waals surface area contributed by atoms with Gasteiger partial charge in [0.15, 0.2) is 0 Å². The lowest BCUT2D eigenvalue weighted by Gasteiger charge is -2.26. The summed E-state index contributed by atoms with van der Waals surface area (Å²) in [5, 5.41) is 0. The van der Waals surface area contributed by atoms with Crippen LogP contribution in [0.3, 0.4) is 0 Å². The minimum Gasteiger partial charge on any atom is -0.459 e. The molecule has 1 atom stereocenters. The third kappa shape index (κ3) is 5.06. The second kappa shape index (κ2) is 9.70. The van der Waals surface area contributed by atoms with Crippen LogP contribution in [-0.2, 0) is 13.6 Å². The summed E-state index contributed by atoms with van der Waals surface area (Å²) in [7, 11) is 1.68. The normalized spacial score (nSPS) is 19.1. The summed E-state index contributed by atoms with van der Waals surface area (Å²) in [5.41, 5.74) is 3.50. The molecule has 0 radical (unpaired) electrons. The molecular formula is C25H30N6O2. The van der Waals surface area contributed by atoms with Crippen molar-refractivity contribution in [3.63, 3.8) is 0 Å². The van der Waals surface area contributed by atoms with E-state index in [1.165, 1.54) is 60.6 Å². The van der Waals surface area contributed by atoms with Gasteiger partial charge in [0.1, 0.15) is 12.4 Å². The highest BCUT2D eigenvalue weighted by atomic mass is 16.5. The molecule has 2 aliphatic rings. The van der Waals surface area contributed by atoms with Gasteiger partial charge in [-0.3, -0.25) is 14.3 Å². The number of hydrogen-bond acceptors (Lipinski definition) is 7. The van der Waals surface area contributed by atoms with Crippen LogP contribution in [-0.4, -0.2) is 56.7 Å². The fourth-order valence-corrected chi connectivity index (χ4v) is 4.59. The summed E-state index contributed by atoms with van der Waals surface area (Å²) in [6.07, 6.45) is 7.92. The van der Waals surface area contributed by atoms with Crippen molar-refractivity contribution in [1.29, 1.82) is 0 Å². The van der Waals surface area contributed by atoms with Gasteiger partial charge < -0.3 is 9.64 Å². The van der Waals surface area contributed by atoms with Crippen molar-refractivity contribution in [2.75, 3.05) is 31.1 Å². The first-order valence-electron chi connectivity index (χ1n) is 11.7. The molecule has 0 saturated carbocycles. The van der Waals surface area contributed by atoms with Crippen molar-refractivity contribution in [3.05, 3.63) is 64.8 Å². The van der Waals surface area contributed by atoms with Crippen LogP contribution in [0.5, 0.6) is 6.01 Å². The van der Waals surface area contributed by atoms with Gasteiger partial charge in [0.25, 0.3) is 11.6 Å². The molecule has 0 N–H and O–H groups in total. The van der Waals surface area contributed by atoms with Crippen LogP contribution in [0, 0.1) is 0 Å². The monoisotopic (exact) mass is 446 g/mol. The number of likely N-dealkylation sites (tertiary alicyclic amines) is 1. The third-order valence-corrected chi connectivity index (χ3v) is 6.51. The molecule has 1 unspecified atom stereocenters. The molecule has 2 saturated heterocycles. The molecule has 0 spiro atoms. The molecule has 2 fully saturated rings. The Hall–Kier alpha value is -3.26. The zero-order valence-electron chi connectivity index (χ0n) is 19.1. The Labute approximate surface area is 193 Å². The molecule has 2 aromatic heterocycles. The van der Waals surface area contributed by atoms with Crippen molar-refractivity contribution in [3.8, 4) is 17.4 Å². The minimum atomic E-state index is -0.173. The second-order valence-corrected chi connectivity index (χ2v) is 8.89. The molecule has 3 aromatic rings. The molecular weight excluding hydrogens is 416 g/mol. The summed E-state index contributed by atoms with van der Waals surface area (Å²) in [4.78, 5) is 30.0. The van der Waals surface area contributed by atoms with Gasteiger partial charge in [-0.05, 0) is 49.7 Å². The van der Waals surface area contributed by atoms with E-state index in [0.29, 0.717) is 17.4 Å². The fraction of sp³-hybridized carbons (Fsp3) is 0.440. The average molecular weight is 447 g/mol. The Kier molecular flexibility index (Phi) is 6.35. The number of rotatable bonds is 6. The Bertz CT molecular complexity index is 1130. The summed E-state index contributed by atoms with van der Waals surface area (Å²) in [6, 6.07) is 12.4. The maximum Gasteiger partial charge on any atom is 0.299 e. The lowest BCUT2D eigenvalue weighted by Crippen LogP contribution is -2.29. The van der Waals surface area contributed by atoms with Crippen LogP contribution in [0.25, 0.3) is 11.4 Å². The van der Waals surface area contributed by atoms with Crippen molar-refractivity contribution in [2.45, 2.75) is 38.3 Å². The van der Waals surface area contributed by atoms with Crippen molar-refractivity contribution < 1.29 is 4.74 Å². The van der Waals surface area contributed by atoms with Crippen LogP contribution in [0.4, 0.5) is 5.69 Å².